The van der Waals surface area contributed by atoms with E-state index in [-0.39, 0.29) is 0 Å². The van der Waals surface area contributed by atoms with Crippen molar-refractivity contribution >= 4 is 0 Å². The van der Waals surface area contributed by atoms with Gasteiger partial charge in [-0.2, -0.15) is 0 Å². The average molecular weight is 256 g/mol. The first-order chi connectivity index (χ1) is 8.74. The van der Waals surface area contributed by atoms with E-state index in [0.717, 1.165) is 39.3 Å². The van der Waals surface area contributed by atoms with Crippen molar-refractivity contribution in [3.8, 4) is 0 Å². The van der Waals surface area contributed by atoms with E-state index in [1.807, 2.05) is 0 Å². The van der Waals surface area contributed by atoms with Crippen molar-refractivity contribution in [1.82, 2.24) is 20.0 Å². The summed E-state index contributed by atoms with van der Waals surface area (Å²) in [5.74, 6) is 0. The molecule has 0 aromatic carbocycles. The topological polar surface area (TPSA) is 31.0 Å². The lowest BCUT2D eigenvalue weighted by Gasteiger charge is -2.33. The number of piperazine rings is 1. The quantitative estimate of drug-likeness (QED) is 0.648. The number of rotatable bonds is 5. The van der Waals surface area contributed by atoms with Crippen molar-refractivity contribution in [3.05, 3.63) is 0 Å². The minimum Gasteiger partial charge on any atom is -0.374 e. The molecule has 1 unspecified atom stereocenters. The van der Waals surface area contributed by atoms with Crippen molar-refractivity contribution in [2.24, 2.45) is 0 Å². The molecule has 0 amide bonds. The molecule has 0 bridgehead atoms. The molecule has 0 aromatic rings. The molecule has 0 radical (unpaired) electrons. The lowest BCUT2D eigenvalue weighted by molar-refractivity contribution is -0.0182. The fourth-order valence-corrected chi connectivity index (χ4v) is 2.56. The normalized spacial score (nSPS) is 28.7. The number of nitrogens with zero attached hydrogens (tertiary/aromatic N) is 3. The van der Waals surface area contributed by atoms with Gasteiger partial charge in [-0.25, -0.2) is 0 Å². The molecule has 0 spiro atoms. The van der Waals surface area contributed by atoms with Crippen LogP contribution in [0.3, 0.4) is 0 Å². The number of ether oxygens (including phenoxy) is 1. The smallest absolute Gasteiger partial charge is 0.0826 e. The predicted molar refractivity (Wildman–Crippen MR) is 74.0 cm³/mol. The summed E-state index contributed by atoms with van der Waals surface area (Å²) in [5.41, 5.74) is 0. The molecule has 2 aliphatic rings. The van der Waals surface area contributed by atoms with E-state index in [9.17, 15) is 0 Å². The van der Waals surface area contributed by atoms with Crippen LogP contribution < -0.4 is 5.32 Å². The molecule has 1 atom stereocenters. The lowest BCUT2D eigenvalue weighted by Crippen LogP contribution is -2.48. The standard InChI is InChI=1S/C13H28N4O/c1-15-5-7-17(8-6-15)4-3-14-11-13-12-16(2)9-10-18-13/h13-14H,3-12H2,1-2H3. The first kappa shape index (κ1) is 14.2. The number of hydrogen-bond acceptors (Lipinski definition) is 5. The van der Waals surface area contributed by atoms with Gasteiger partial charge in [0, 0.05) is 58.9 Å². The molecule has 0 saturated carbocycles. The molecule has 1 N–H and O–H groups in total. The maximum absolute atomic E-state index is 5.73. The van der Waals surface area contributed by atoms with Crippen LogP contribution in [0.4, 0.5) is 0 Å². The van der Waals surface area contributed by atoms with Crippen molar-refractivity contribution in [2.75, 3.05) is 79.6 Å². The van der Waals surface area contributed by atoms with Crippen molar-refractivity contribution in [2.45, 2.75) is 6.10 Å². The van der Waals surface area contributed by atoms with Gasteiger partial charge in [0.1, 0.15) is 0 Å². The van der Waals surface area contributed by atoms with Gasteiger partial charge in [0.2, 0.25) is 0 Å². The maximum Gasteiger partial charge on any atom is 0.0826 e. The zero-order chi connectivity index (χ0) is 12.8. The Kier molecular flexibility index (Phi) is 5.85. The molecule has 18 heavy (non-hydrogen) atoms. The monoisotopic (exact) mass is 256 g/mol. The van der Waals surface area contributed by atoms with Crippen LogP contribution >= 0.6 is 0 Å². The SMILES string of the molecule is CN1CCN(CCNCC2CN(C)CCO2)CC1. The van der Waals surface area contributed by atoms with Crippen LogP contribution in [0.5, 0.6) is 0 Å². The van der Waals surface area contributed by atoms with E-state index >= 15 is 0 Å². The fraction of sp³-hybridized carbons (Fsp3) is 1.00. The molecule has 2 rings (SSSR count). The van der Waals surface area contributed by atoms with Gasteiger partial charge in [-0.15, -0.1) is 0 Å². The summed E-state index contributed by atoms with van der Waals surface area (Å²) < 4.78 is 5.73. The van der Waals surface area contributed by atoms with Gasteiger partial charge in [-0.05, 0) is 14.1 Å². The zero-order valence-corrected chi connectivity index (χ0v) is 11.9. The summed E-state index contributed by atoms with van der Waals surface area (Å²) in [6.45, 7) is 11.1. The third kappa shape index (κ3) is 4.82. The van der Waals surface area contributed by atoms with Crippen LogP contribution in [0, 0.1) is 0 Å². The third-order valence-electron chi connectivity index (χ3n) is 3.91. The second-order valence-corrected chi connectivity index (χ2v) is 5.60. The summed E-state index contributed by atoms with van der Waals surface area (Å²) in [6, 6.07) is 0. The van der Waals surface area contributed by atoms with Gasteiger partial charge in [0.15, 0.2) is 0 Å². The molecule has 0 aliphatic carbocycles. The minimum absolute atomic E-state index is 0.372. The van der Waals surface area contributed by atoms with E-state index in [1.165, 1.54) is 26.2 Å². The summed E-state index contributed by atoms with van der Waals surface area (Å²) >= 11 is 0. The molecule has 5 heteroatoms. The minimum atomic E-state index is 0.372. The van der Waals surface area contributed by atoms with E-state index in [1.54, 1.807) is 0 Å². The van der Waals surface area contributed by atoms with E-state index in [2.05, 4.69) is 34.1 Å². The highest BCUT2D eigenvalue weighted by Crippen LogP contribution is 2.01. The molecule has 2 aliphatic heterocycles. The molecular weight excluding hydrogens is 228 g/mol. The Labute approximate surface area is 111 Å². The molecular formula is C13H28N4O. The van der Waals surface area contributed by atoms with Gasteiger partial charge in [0.05, 0.1) is 12.7 Å². The fourth-order valence-electron chi connectivity index (χ4n) is 2.56. The Bertz CT molecular complexity index is 231. The highest BCUT2D eigenvalue weighted by atomic mass is 16.5. The molecule has 2 fully saturated rings. The first-order valence-electron chi connectivity index (χ1n) is 7.16. The van der Waals surface area contributed by atoms with Crippen LogP contribution in [0.25, 0.3) is 0 Å². The number of morpholine rings is 1. The van der Waals surface area contributed by atoms with E-state index in [0.29, 0.717) is 6.10 Å². The molecule has 2 heterocycles. The van der Waals surface area contributed by atoms with Crippen LogP contribution in [-0.2, 0) is 4.74 Å². The van der Waals surface area contributed by atoms with Gasteiger partial charge >= 0.3 is 0 Å². The van der Waals surface area contributed by atoms with Crippen molar-refractivity contribution in [1.29, 1.82) is 0 Å². The highest BCUT2D eigenvalue weighted by Gasteiger charge is 2.17. The van der Waals surface area contributed by atoms with Crippen molar-refractivity contribution < 1.29 is 4.74 Å². The van der Waals surface area contributed by atoms with Gasteiger partial charge < -0.3 is 19.9 Å². The third-order valence-corrected chi connectivity index (χ3v) is 3.91. The second kappa shape index (κ2) is 7.40. The van der Waals surface area contributed by atoms with E-state index < -0.39 is 0 Å². The van der Waals surface area contributed by atoms with Gasteiger partial charge in [0.25, 0.3) is 0 Å². The Balaban J connectivity index is 1.50. The molecule has 106 valence electrons. The Hall–Kier alpha value is -0.200. The van der Waals surface area contributed by atoms with Crippen molar-refractivity contribution in [3.63, 3.8) is 0 Å². The Morgan fingerprint density at radius 2 is 1.83 bits per heavy atom. The molecule has 0 aromatic heterocycles. The summed E-state index contributed by atoms with van der Waals surface area (Å²) in [7, 11) is 4.37. The summed E-state index contributed by atoms with van der Waals surface area (Å²) in [6.07, 6.45) is 0.372. The molecule has 5 nitrogen and oxygen atoms in total. The first-order valence-corrected chi connectivity index (χ1v) is 7.16. The number of likely N-dealkylation sites (N-methyl/N-ethyl adjacent to an activating group) is 2. The van der Waals surface area contributed by atoms with Gasteiger partial charge in [-0.1, -0.05) is 0 Å². The maximum atomic E-state index is 5.73. The predicted octanol–water partition coefficient (Wildman–Crippen LogP) is -0.846. The lowest BCUT2D eigenvalue weighted by atomic mass is 10.3. The van der Waals surface area contributed by atoms with Crippen LogP contribution in [0.15, 0.2) is 0 Å². The van der Waals surface area contributed by atoms with E-state index in [4.69, 9.17) is 4.74 Å². The highest BCUT2D eigenvalue weighted by molar-refractivity contribution is 4.73. The van der Waals surface area contributed by atoms with Crippen LogP contribution in [0.1, 0.15) is 0 Å². The summed E-state index contributed by atoms with van der Waals surface area (Å²) in [5, 5.41) is 3.53. The van der Waals surface area contributed by atoms with Gasteiger partial charge in [-0.3, -0.25) is 4.90 Å². The number of nitrogens with one attached hydrogen (secondary N) is 1. The zero-order valence-electron chi connectivity index (χ0n) is 11.9. The number of hydrogen-bond donors (Lipinski definition) is 1. The Morgan fingerprint density at radius 1 is 1.06 bits per heavy atom. The van der Waals surface area contributed by atoms with Crippen LogP contribution in [-0.4, -0.2) is 100 Å². The summed E-state index contributed by atoms with van der Waals surface area (Å²) in [4.78, 5) is 7.28. The average Bonchev–Trinajstić information content (AvgIpc) is 2.37. The second-order valence-electron chi connectivity index (χ2n) is 5.60. The Morgan fingerprint density at radius 3 is 2.56 bits per heavy atom. The molecule has 2 saturated heterocycles. The largest absolute Gasteiger partial charge is 0.374 e. The van der Waals surface area contributed by atoms with Crippen LogP contribution in [0.2, 0.25) is 0 Å².